The van der Waals surface area contributed by atoms with Gasteiger partial charge in [-0.1, -0.05) is 18.2 Å². The van der Waals surface area contributed by atoms with Crippen molar-refractivity contribution in [3.8, 4) is 5.69 Å². The van der Waals surface area contributed by atoms with E-state index in [-0.39, 0.29) is 0 Å². The number of hydrogen-bond acceptors (Lipinski definition) is 3. The molecule has 1 aromatic carbocycles. The van der Waals surface area contributed by atoms with Crippen LogP contribution >= 0.6 is 11.8 Å². The smallest absolute Gasteiger partial charge is 0.0959 e. The molecule has 0 fully saturated rings. The maximum absolute atomic E-state index is 4.45. The zero-order chi connectivity index (χ0) is 10.7. The van der Waals surface area contributed by atoms with Gasteiger partial charge >= 0.3 is 0 Å². The molecule has 78 valence electrons. The summed E-state index contributed by atoms with van der Waals surface area (Å²) in [5.41, 5.74) is 3.08. The number of hydrogen-bond donors (Lipinski definition) is 0. The lowest BCUT2D eigenvalue weighted by atomic mass is 10.3. The van der Waals surface area contributed by atoms with Gasteiger partial charge in [0.2, 0.25) is 0 Å². The molecule has 0 spiro atoms. The first-order chi connectivity index (χ1) is 7.31. The maximum Gasteiger partial charge on any atom is 0.0959 e. The SMILES string of the molecule is CSCc1nn(-c2ccccc2)nc1C. The van der Waals surface area contributed by atoms with Crippen LogP contribution in [0.25, 0.3) is 5.69 Å². The summed E-state index contributed by atoms with van der Waals surface area (Å²) in [4.78, 5) is 1.70. The second-order valence-electron chi connectivity index (χ2n) is 3.29. The van der Waals surface area contributed by atoms with Crippen LogP contribution < -0.4 is 0 Å². The quantitative estimate of drug-likeness (QED) is 0.794. The number of rotatable bonds is 3. The molecule has 0 atom stereocenters. The fourth-order valence-corrected chi connectivity index (χ4v) is 1.90. The van der Waals surface area contributed by atoms with E-state index in [1.807, 2.05) is 37.3 Å². The van der Waals surface area contributed by atoms with Gasteiger partial charge in [-0.05, 0) is 25.3 Å². The highest BCUT2D eigenvalue weighted by atomic mass is 32.2. The summed E-state index contributed by atoms with van der Waals surface area (Å²) in [7, 11) is 0. The van der Waals surface area contributed by atoms with E-state index in [1.165, 1.54) is 0 Å². The first-order valence-electron chi connectivity index (χ1n) is 4.78. The molecule has 0 radical (unpaired) electrons. The van der Waals surface area contributed by atoms with Gasteiger partial charge in [0.05, 0.1) is 17.1 Å². The molecule has 0 aliphatic rings. The lowest BCUT2D eigenvalue weighted by Gasteiger charge is -1.96. The number of nitrogens with zero attached hydrogens (tertiary/aromatic N) is 3. The van der Waals surface area contributed by atoms with Gasteiger partial charge in [0.25, 0.3) is 0 Å². The molecule has 1 heterocycles. The zero-order valence-electron chi connectivity index (χ0n) is 8.84. The Kier molecular flexibility index (Phi) is 3.06. The number of aromatic nitrogens is 3. The van der Waals surface area contributed by atoms with Gasteiger partial charge in [-0.25, -0.2) is 0 Å². The Morgan fingerprint density at radius 3 is 2.60 bits per heavy atom. The lowest BCUT2D eigenvalue weighted by molar-refractivity contribution is 0.740. The highest BCUT2D eigenvalue weighted by Crippen LogP contribution is 2.12. The number of aryl methyl sites for hydroxylation is 1. The van der Waals surface area contributed by atoms with Crippen LogP contribution in [0.15, 0.2) is 30.3 Å². The number of thioether (sulfide) groups is 1. The second kappa shape index (κ2) is 4.49. The third kappa shape index (κ3) is 2.21. The van der Waals surface area contributed by atoms with Crippen LogP contribution in [0, 0.1) is 6.92 Å². The molecule has 15 heavy (non-hydrogen) atoms. The van der Waals surface area contributed by atoms with E-state index in [2.05, 4.69) is 16.5 Å². The molecule has 2 aromatic rings. The Bertz CT molecular complexity index is 436. The van der Waals surface area contributed by atoms with Crippen LogP contribution in [0.2, 0.25) is 0 Å². The third-order valence-electron chi connectivity index (χ3n) is 2.15. The van der Waals surface area contributed by atoms with E-state index < -0.39 is 0 Å². The fraction of sp³-hybridized carbons (Fsp3) is 0.273. The van der Waals surface area contributed by atoms with Crippen molar-refractivity contribution >= 4 is 11.8 Å². The fourth-order valence-electron chi connectivity index (χ4n) is 1.36. The summed E-state index contributed by atoms with van der Waals surface area (Å²) in [6, 6.07) is 9.97. The van der Waals surface area contributed by atoms with Crippen LogP contribution in [0.3, 0.4) is 0 Å². The van der Waals surface area contributed by atoms with Gasteiger partial charge in [0, 0.05) is 5.75 Å². The number of benzene rings is 1. The average molecular weight is 219 g/mol. The van der Waals surface area contributed by atoms with Gasteiger partial charge < -0.3 is 0 Å². The van der Waals surface area contributed by atoms with Crippen molar-refractivity contribution in [2.75, 3.05) is 6.26 Å². The van der Waals surface area contributed by atoms with Gasteiger partial charge in [-0.3, -0.25) is 0 Å². The van der Waals surface area contributed by atoms with Crippen molar-refractivity contribution in [3.05, 3.63) is 41.7 Å². The molecule has 0 aliphatic carbocycles. The van der Waals surface area contributed by atoms with E-state index in [0.29, 0.717) is 0 Å². The Morgan fingerprint density at radius 2 is 1.93 bits per heavy atom. The molecule has 3 nitrogen and oxygen atoms in total. The average Bonchev–Trinajstić information content (AvgIpc) is 2.63. The molecule has 0 saturated carbocycles. The first-order valence-corrected chi connectivity index (χ1v) is 6.18. The minimum atomic E-state index is 0.915. The van der Waals surface area contributed by atoms with E-state index in [1.54, 1.807) is 16.6 Å². The van der Waals surface area contributed by atoms with E-state index in [4.69, 9.17) is 0 Å². The molecule has 0 saturated heterocycles. The minimum Gasteiger partial charge on any atom is -0.159 e. The maximum atomic E-state index is 4.45. The standard InChI is InChI=1S/C11H13N3S/c1-9-11(8-15-2)13-14(12-9)10-6-4-3-5-7-10/h3-7H,8H2,1-2H3. The Morgan fingerprint density at radius 1 is 1.20 bits per heavy atom. The Labute approximate surface area is 93.5 Å². The topological polar surface area (TPSA) is 30.7 Å². The van der Waals surface area contributed by atoms with Gasteiger partial charge in [0.1, 0.15) is 0 Å². The summed E-state index contributed by atoms with van der Waals surface area (Å²) < 4.78 is 0. The molecule has 1 aromatic heterocycles. The molecule has 0 amide bonds. The van der Waals surface area contributed by atoms with Crippen LogP contribution in [0.4, 0.5) is 0 Å². The van der Waals surface area contributed by atoms with Crippen LogP contribution in [0.1, 0.15) is 11.4 Å². The van der Waals surface area contributed by atoms with Crippen molar-refractivity contribution in [2.24, 2.45) is 0 Å². The van der Waals surface area contributed by atoms with Crippen molar-refractivity contribution < 1.29 is 0 Å². The highest BCUT2D eigenvalue weighted by molar-refractivity contribution is 7.97. The molecule has 2 rings (SSSR count). The second-order valence-corrected chi connectivity index (χ2v) is 4.16. The Balaban J connectivity index is 2.34. The summed E-state index contributed by atoms with van der Waals surface area (Å²) in [5.74, 6) is 0.915. The van der Waals surface area contributed by atoms with E-state index >= 15 is 0 Å². The zero-order valence-corrected chi connectivity index (χ0v) is 9.66. The minimum absolute atomic E-state index is 0.915. The van der Waals surface area contributed by atoms with Crippen LogP contribution in [0.5, 0.6) is 0 Å². The van der Waals surface area contributed by atoms with Crippen LogP contribution in [-0.2, 0) is 5.75 Å². The summed E-state index contributed by atoms with van der Waals surface area (Å²) in [6.07, 6.45) is 2.07. The number of para-hydroxylation sites is 1. The van der Waals surface area contributed by atoms with Gasteiger partial charge in [-0.2, -0.15) is 26.8 Å². The summed E-state index contributed by atoms with van der Waals surface area (Å²) in [6.45, 7) is 2.00. The van der Waals surface area contributed by atoms with Crippen molar-refractivity contribution in [1.29, 1.82) is 0 Å². The van der Waals surface area contributed by atoms with E-state index in [0.717, 1.165) is 22.8 Å². The molecule has 4 heteroatoms. The van der Waals surface area contributed by atoms with Crippen molar-refractivity contribution in [2.45, 2.75) is 12.7 Å². The van der Waals surface area contributed by atoms with Crippen LogP contribution in [-0.4, -0.2) is 21.2 Å². The normalized spacial score (nSPS) is 10.5. The van der Waals surface area contributed by atoms with Gasteiger partial charge in [-0.15, -0.1) is 0 Å². The molecule has 0 N–H and O–H groups in total. The Hall–Kier alpha value is -1.29. The predicted octanol–water partition coefficient (Wildman–Crippen LogP) is 2.44. The highest BCUT2D eigenvalue weighted by Gasteiger charge is 2.06. The van der Waals surface area contributed by atoms with Crippen molar-refractivity contribution in [3.63, 3.8) is 0 Å². The molecular weight excluding hydrogens is 206 g/mol. The monoisotopic (exact) mass is 219 g/mol. The van der Waals surface area contributed by atoms with E-state index in [9.17, 15) is 0 Å². The van der Waals surface area contributed by atoms with Crippen molar-refractivity contribution in [1.82, 2.24) is 15.0 Å². The molecule has 0 bridgehead atoms. The molecule has 0 unspecified atom stereocenters. The lowest BCUT2D eigenvalue weighted by Crippen LogP contribution is -1.98. The predicted molar refractivity (Wildman–Crippen MR) is 63.3 cm³/mol. The molecular formula is C11H13N3S. The third-order valence-corrected chi connectivity index (χ3v) is 2.71. The largest absolute Gasteiger partial charge is 0.159 e. The van der Waals surface area contributed by atoms with Gasteiger partial charge in [0.15, 0.2) is 0 Å². The summed E-state index contributed by atoms with van der Waals surface area (Å²) >= 11 is 1.76. The summed E-state index contributed by atoms with van der Waals surface area (Å²) in [5, 5.41) is 8.85. The molecule has 0 aliphatic heterocycles. The first kappa shape index (κ1) is 10.2.